The number of aryl methyl sites for hydroxylation is 2. The van der Waals surface area contributed by atoms with Crippen LogP contribution in [-0.2, 0) is 0 Å². The first-order valence-corrected chi connectivity index (χ1v) is 8.92. The molecule has 25 heavy (non-hydrogen) atoms. The summed E-state index contributed by atoms with van der Waals surface area (Å²) in [6, 6.07) is 20.8. The number of nitrogens with zero attached hydrogens (tertiary/aromatic N) is 2. The molecule has 0 unspecified atom stereocenters. The highest BCUT2D eigenvalue weighted by atomic mass is 79.9. The Morgan fingerprint density at radius 3 is 2.24 bits per heavy atom. The van der Waals surface area contributed by atoms with Gasteiger partial charge in [0, 0.05) is 21.5 Å². The molecule has 124 valence electrons. The first-order chi connectivity index (χ1) is 12.0. The van der Waals surface area contributed by atoms with Crippen LogP contribution in [-0.4, -0.2) is 4.57 Å². The molecule has 1 aromatic heterocycles. The number of allylic oxidation sites excluding steroid dienone is 1. The molecule has 0 saturated carbocycles. The maximum absolute atomic E-state index is 9.59. The molecule has 0 atom stereocenters. The Morgan fingerprint density at radius 2 is 1.64 bits per heavy atom. The lowest BCUT2D eigenvalue weighted by Crippen LogP contribution is -1.98. The van der Waals surface area contributed by atoms with E-state index in [0.717, 1.165) is 32.7 Å². The average molecular weight is 391 g/mol. The second kappa shape index (κ2) is 7.13. The molecule has 0 amide bonds. The summed E-state index contributed by atoms with van der Waals surface area (Å²) in [6.45, 7) is 6.27. The zero-order valence-electron chi connectivity index (χ0n) is 14.5. The molecule has 0 fully saturated rings. The van der Waals surface area contributed by atoms with Gasteiger partial charge in [0.25, 0.3) is 0 Å². The van der Waals surface area contributed by atoms with Crippen molar-refractivity contribution in [1.29, 1.82) is 5.26 Å². The van der Waals surface area contributed by atoms with Crippen LogP contribution in [0.2, 0.25) is 0 Å². The van der Waals surface area contributed by atoms with Crippen LogP contribution in [0.25, 0.3) is 17.3 Å². The van der Waals surface area contributed by atoms with Crippen LogP contribution in [0.4, 0.5) is 0 Å². The van der Waals surface area contributed by atoms with Gasteiger partial charge in [-0.15, -0.1) is 0 Å². The fourth-order valence-corrected chi connectivity index (χ4v) is 3.25. The van der Waals surface area contributed by atoms with Crippen LogP contribution in [0.3, 0.4) is 0 Å². The molecule has 3 aromatic rings. The van der Waals surface area contributed by atoms with Crippen molar-refractivity contribution in [2.75, 3.05) is 0 Å². The van der Waals surface area contributed by atoms with Gasteiger partial charge in [0.1, 0.15) is 0 Å². The topological polar surface area (TPSA) is 28.7 Å². The minimum absolute atomic E-state index is 0.664. The highest BCUT2D eigenvalue weighted by molar-refractivity contribution is 9.10. The van der Waals surface area contributed by atoms with Gasteiger partial charge in [-0.25, -0.2) is 0 Å². The largest absolute Gasteiger partial charge is 0.318 e. The van der Waals surface area contributed by atoms with E-state index >= 15 is 0 Å². The summed E-state index contributed by atoms with van der Waals surface area (Å²) in [6.07, 6.45) is 1.97. The number of hydrogen-bond donors (Lipinski definition) is 0. The lowest BCUT2D eigenvalue weighted by atomic mass is 10.0. The maximum atomic E-state index is 9.59. The lowest BCUT2D eigenvalue weighted by molar-refractivity contribution is 0.963. The fraction of sp³-hybridized carbons (Fsp3) is 0.136. The molecule has 1 heterocycles. The van der Waals surface area contributed by atoms with Gasteiger partial charge in [-0.3, -0.25) is 0 Å². The average Bonchev–Trinajstić information content (AvgIpc) is 2.88. The molecule has 2 nitrogen and oxygen atoms in total. The Hall–Kier alpha value is -2.57. The third-order valence-electron chi connectivity index (χ3n) is 4.34. The standard InChI is InChI=1S/C22H19BrN2/c1-15-4-10-22(11-5-15)25-16(2)12-19(17(25)3)13-20(14-24)18-6-8-21(23)9-7-18/h4-13H,1-3H3/b20-13-. The van der Waals surface area contributed by atoms with Gasteiger partial charge in [0.05, 0.1) is 11.6 Å². The van der Waals surface area contributed by atoms with Crippen molar-refractivity contribution in [2.24, 2.45) is 0 Å². The molecule has 0 saturated heterocycles. The molecule has 0 radical (unpaired) electrons. The number of benzene rings is 2. The first kappa shape index (κ1) is 17.3. The van der Waals surface area contributed by atoms with Gasteiger partial charge in [0.15, 0.2) is 0 Å². The zero-order valence-corrected chi connectivity index (χ0v) is 16.1. The number of aromatic nitrogens is 1. The van der Waals surface area contributed by atoms with Gasteiger partial charge < -0.3 is 4.57 Å². The number of nitriles is 1. The van der Waals surface area contributed by atoms with Crippen molar-refractivity contribution in [3.63, 3.8) is 0 Å². The van der Waals surface area contributed by atoms with Gasteiger partial charge >= 0.3 is 0 Å². The molecule has 0 N–H and O–H groups in total. The SMILES string of the molecule is Cc1ccc(-n2c(C)cc(/C=C(/C#N)c3ccc(Br)cc3)c2C)cc1. The molecular formula is C22H19BrN2. The highest BCUT2D eigenvalue weighted by Gasteiger charge is 2.11. The van der Waals surface area contributed by atoms with Crippen molar-refractivity contribution in [2.45, 2.75) is 20.8 Å². The maximum Gasteiger partial charge on any atom is 0.0998 e. The van der Waals surface area contributed by atoms with Crippen LogP contribution in [0, 0.1) is 32.1 Å². The Labute approximate surface area is 157 Å². The van der Waals surface area contributed by atoms with E-state index in [1.165, 1.54) is 5.56 Å². The summed E-state index contributed by atoms with van der Waals surface area (Å²) in [5.74, 6) is 0. The Balaban J connectivity index is 2.06. The summed E-state index contributed by atoms with van der Waals surface area (Å²) in [4.78, 5) is 0. The molecule has 0 aliphatic heterocycles. The van der Waals surface area contributed by atoms with E-state index in [4.69, 9.17) is 0 Å². The van der Waals surface area contributed by atoms with Crippen LogP contribution in [0.1, 0.15) is 28.1 Å². The highest BCUT2D eigenvalue weighted by Crippen LogP contribution is 2.26. The summed E-state index contributed by atoms with van der Waals surface area (Å²) in [5.41, 5.74) is 7.32. The number of hydrogen-bond acceptors (Lipinski definition) is 1. The summed E-state index contributed by atoms with van der Waals surface area (Å²) < 4.78 is 3.23. The van der Waals surface area contributed by atoms with E-state index < -0.39 is 0 Å². The van der Waals surface area contributed by atoms with Crippen molar-refractivity contribution < 1.29 is 0 Å². The molecule has 3 heteroatoms. The van der Waals surface area contributed by atoms with E-state index in [9.17, 15) is 5.26 Å². The minimum atomic E-state index is 0.664. The van der Waals surface area contributed by atoms with Crippen LogP contribution in [0.15, 0.2) is 59.1 Å². The monoisotopic (exact) mass is 390 g/mol. The molecule has 0 bridgehead atoms. The smallest absolute Gasteiger partial charge is 0.0998 e. The van der Waals surface area contributed by atoms with E-state index in [1.807, 2.05) is 30.3 Å². The van der Waals surface area contributed by atoms with Crippen LogP contribution in [0.5, 0.6) is 0 Å². The summed E-state index contributed by atoms with van der Waals surface area (Å²) in [5, 5.41) is 9.59. The van der Waals surface area contributed by atoms with E-state index in [-0.39, 0.29) is 0 Å². The van der Waals surface area contributed by atoms with Crippen molar-refractivity contribution in [1.82, 2.24) is 4.57 Å². The number of rotatable bonds is 3. The van der Waals surface area contributed by atoms with Gasteiger partial charge in [-0.1, -0.05) is 45.8 Å². The first-order valence-electron chi connectivity index (χ1n) is 8.13. The lowest BCUT2D eigenvalue weighted by Gasteiger charge is -2.10. The van der Waals surface area contributed by atoms with Crippen molar-refractivity contribution in [3.8, 4) is 11.8 Å². The summed E-state index contributed by atoms with van der Waals surface area (Å²) >= 11 is 3.43. The van der Waals surface area contributed by atoms with E-state index in [0.29, 0.717) is 5.57 Å². The van der Waals surface area contributed by atoms with Crippen molar-refractivity contribution >= 4 is 27.6 Å². The predicted octanol–water partition coefficient (Wildman–Crippen LogP) is 6.23. The molecule has 0 aliphatic carbocycles. The van der Waals surface area contributed by atoms with E-state index in [1.54, 1.807) is 0 Å². The quantitative estimate of drug-likeness (QED) is 0.487. The second-order valence-electron chi connectivity index (χ2n) is 6.17. The molecule has 3 rings (SSSR count). The Bertz CT molecular complexity index is 969. The molecule has 2 aromatic carbocycles. The summed E-state index contributed by atoms with van der Waals surface area (Å²) in [7, 11) is 0. The zero-order chi connectivity index (χ0) is 18.0. The minimum Gasteiger partial charge on any atom is -0.318 e. The van der Waals surface area contributed by atoms with E-state index in [2.05, 4.69) is 77.7 Å². The second-order valence-corrected chi connectivity index (χ2v) is 7.09. The third-order valence-corrected chi connectivity index (χ3v) is 4.87. The predicted molar refractivity (Wildman–Crippen MR) is 108 cm³/mol. The molecule has 0 spiro atoms. The Kier molecular flexibility index (Phi) is 4.92. The van der Waals surface area contributed by atoms with Gasteiger partial charge in [0.2, 0.25) is 0 Å². The normalized spacial score (nSPS) is 11.4. The van der Waals surface area contributed by atoms with Gasteiger partial charge in [-0.2, -0.15) is 5.26 Å². The van der Waals surface area contributed by atoms with Crippen LogP contribution >= 0.6 is 15.9 Å². The van der Waals surface area contributed by atoms with Crippen LogP contribution < -0.4 is 0 Å². The van der Waals surface area contributed by atoms with Gasteiger partial charge in [-0.05, 0) is 68.3 Å². The number of halogens is 1. The van der Waals surface area contributed by atoms with Crippen molar-refractivity contribution in [3.05, 3.63) is 87.1 Å². The Morgan fingerprint density at radius 1 is 1.00 bits per heavy atom. The fourth-order valence-electron chi connectivity index (χ4n) is 2.99. The molecule has 0 aliphatic rings. The third kappa shape index (κ3) is 3.60. The molecular weight excluding hydrogens is 372 g/mol.